The molecule has 0 aromatic heterocycles. The number of ketones is 1. The van der Waals surface area contributed by atoms with E-state index in [2.05, 4.69) is 13.8 Å². The average Bonchev–Trinajstić information content (AvgIpc) is 2.13. The van der Waals surface area contributed by atoms with Crippen LogP contribution in [0.25, 0.3) is 0 Å². The second-order valence-electron chi connectivity index (χ2n) is 3.78. The lowest BCUT2D eigenvalue weighted by Gasteiger charge is -2.09. The van der Waals surface area contributed by atoms with Gasteiger partial charge in [0.25, 0.3) is 0 Å². The molecule has 0 saturated heterocycles. The van der Waals surface area contributed by atoms with Crippen LogP contribution >= 0.6 is 0 Å². The van der Waals surface area contributed by atoms with E-state index in [1.807, 2.05) is 0 Å². The van der Waals surface area contributed by atoms with Crippen molar-refractivity contribution in [3.05, 3.63) is 0 Å². The molecule has 0 spiro atoms. The first-order valence-electron chi connectivity index (χ1n) is 4.20. The van der Waals surface area contributed by atoms with Crippen LogP contribution in [0.15, 0.2) is 0 Å². The summed E-state index contributed by atoms with van der Waals surface area (Å²) in [7, 11) is 0. The predicted molar refractivity (Wildman–Crippen MR) is 41.8 cm³/mol. The quantitative estimate of drug-likeness (QED) is 0.575. The molecule has 0 amide bonds. The molecule has 1 fully saturated rings. The smallest absolute Gasteiger partial charge is 0.133 e. The van der Waals surface area contributed by atoms with Gasteiger partial charge in [-0.2, -0.15) is 0 Å². The fraction of sp³-hybridized carbons (Fsp3) is 0.889. The van der Waals surface area contributed by atoms with Gasteiger partial charge in [-0.15, -0.1) is 0 Å². The lowest BCUT2D eigenvalue weighted by atomic mass is 9.96. The molecular formula is C9H16O. The van der Waals surface area contributed by atoms with E-state index in [-0.39, 0.29) is 0 Å². The zero-order valence-electron chi connectivity index (χ0n) is 6.89. The molecule has 1 aliphatic rings. The Morgan fingerprint density at radius 1 is 1.60 bits per heavy atom. The number of hydrogen-bond donors (Lipinski definition) is 0. The summed E-state index contributed by atoms with van der Waals surface area (Å²) >= 11 is 0. The molecule has 1 saturated carbocycles. The second kappa shape index (κ2) is 3.18. The largest absolute Gasteiger partial charge is 0.300 e. The molecule has 1 heteroatoms. The molecular weight excluding hydrogens is 124 g/mol. The molecule has 0 heterocycles. The van der Waals surface area contributed by atoms with Gasteiger partial charge >= 0.3 is 0 Å². The van der Waals surface area contributed by atoms with Gasteiger partial charge in [0.2, 0.25) is 0 Å². The molecule has 1 atom stereocenters. The molecule has 58 valence electrons. The lowest BCUT2D eigenvalue weighted by Crippen LogP contribution is -1.99. The zero-order valence-corrected chi connectivity index (χ0v) is 6.89. The third-order valence-corrected chi connectivity index (χ3v) is 2.15. The number of hydrogen-bond acceptors (Lipinski definition) is 1. The highest BCUT2D eigenvalue weighted by molar-refractivity contribution is 5.80. The number of carbonyl (C=O) groups is 1. The van der Waals surface area contributed by atoms with Crippen molar-refractivity contribution in [1.82, 2.24) is 0 Å². The summed E-state index contributed by atoms with van der Waals surface area (Å²) in [6.45, 7) is 4.45. The van der Waals surface area contributed by atoms with E-state index in [9.17, 15) is 4.79 Å². The maximum Gasteiger partial charge on any atom is 0.133 e. The van der Waals surface area contributed by atoms with Gasteiger partial charge in [-0.25, -0.2) is 0 Å². The second-order valence-corrected chi connectivity index (χ2v) is 3.78. The Morgan fingerprint density at radius 2 is 2.30 bits per heavy atom. The molecule has 0 aliphatic heterocycles. The monoisotopic (exact) mass is 140 g/mol. The zero-order chi connectivity index (χ0) is 7.56. The first-order chi connectivity index (χ1) is 4.68. The predicted octanol–water partition coefficient (Wildman–Crippen LogP) is 2.40. The van der Waals surface area contributed by atoms with Gasteiger partial charge in [0.15, 0.2) is 0 Å². The molecule has 0 radical (unpaired) electrons. The fourth-order valence-corrected chi connectivity index (χ4v) is 1.76. The van der Waals surface area contributed by atoms with Crippen LogP contribution in [0.3, 0.4) is 0 Å². The number of carbonyl (C=O) groups excluding carboxylic acids is 1. The van der Waals surface area contributed by atoms with E-state index >= 15 is 0 Å². The van der Waals surface area contributed by atoms with Crippen molar-refractivity contribution >= 4 is 5.78 Å². The Bertz CT molecular complexity index is 127. The Morgan fingerprint density at radius 3 is 2.70 bits per heavy atom. The Balaban J connectivity index is 2.24. The van der Waals surface area contributed by atoms with Crippen molar-refractivity contribution < 1.29 is 4.79 Å². The first-order valence-corrected chi connectivity index (χ1v) is 4.20. The van der Waals surface area contributed by atoms with Gasteiger partial charge in [0.1, 0.15) is 5.78 Å². The van der Waals surface area contributed by atoms with Crippen LogP contribution in [-0.2, 0) is 4.79 Å². The Labute approximate surface area is 62.8 Å². The van der Waals surface area contributed by atoms with E-state index in [1.165, 1.54) is 6.42 Å². The molecule has 1 aliphatic carbocycles. The van der Waals surface area contributed by atoms with Gasteiger partial charge in [0.05, 0.1) is 0 Å². The summed E-state index contributed by atoms with van der Waals surface area (Å²) in [6.07, 6.45) is 4.10. The molecule has 0 aromatic rings. The van der Waals surface area contributed by atoms with Crippen molar-refractivity contribution in [3.63, 3.8) is 0 Å². The van der Waals surface area contributed by atoms with Gasteiger partial charge < -0.3 is 0 Å². The van der Waals surface area contributed by atoms with Gasteiger partial charge in [-0.05, 0) is 24.7 Å². The van der Waals surface area contributed by atoms with Crippen molar-refractivity contribution in [2.45, 2.75) is 39.5 Å². The number of Topliss-reactive ketones (excluding diaryl/α,β-unsaturated/α-hetero) is 1. The van der Waals surface area contributed by atoms with Crippen molar-refractivity contribution in [1.29, 1.82) is 0 Å². The fourth-order valence-electron chi connectivity index (χ4n) is 1.76. The van der Waals surface area contributed by atoms with Gasteiger partial charge in [-0.3, -0.25) is 4.79 Å². The summed E-state index contributed by atoms with van der Waals surface area (Å²) in [5.41, 5.74) is 0. The van der Waals surface area contributed by atoms with Crippen LogP contribution < -0.4 is 0 Å². The standard InChI is InChI=1S/C9H16O/c1-7(2)5-8-3-4-9(10)6-8/h7-8H,3-6H2,1-2H3/t8-/m1/s1. The first kappa shape index (κ1) is 7.77. The van der Waals surface area contributed by atoms with Crippen LogP contribution in [0.2, 0.25) is 0 Å². The molecule has 0 N–H and O–H groups in total. The Kier molecular flexibility index (Phi) is 2.47. The van der Waals surface area contributed by atoms with E-state index in [0.717, 1.165) is 25.2 Å². The maximum atomic E-state index is 10.8. The maximum absolute atomic E-state index is 10.8. The topological polar surface area (TPSA) is 17.1 Å². The molecule has 1 rings (SSSR count). The average molecular weight is 140 g/mol. The SMILES string of the molecule is CC(C)C[C@H]1CCC(=O)C1. The van der Waals surface area contributed by atoms with Crippen molar-refractivity contribution in [3.8, 4) is 0 Å². The summed E-state index contributed by atoms with van der Waals surface area (Å²) in [5, 5.41) is 0. The molecule has 0 bridgehead atoms. The van der Waals surface area contributed by atoms with Crippen LogP contribution in [0.4, 0.5) is 0 Å². The van der Waals surface area contributed by atoms with E-state index < -0.39 is 0 Å². The summed E-state index contributed by atoms with van der Waals surface area (Å²) in [6, 6.07) is 0. The normalized spacial score (nSPS) is 26.3. The van der Waals surface area contributed by atoms with Crippen LogP contribution in [0.5, 0.6) is 0 Å². The molecule has 0 unspecified atom stereocenters. The van der Waals surface area contributed by atoms with E-state index in [0.29, 0.717) is 11.7 Å². The molecule has 0 aromatic carbocycles. The summed E-state index contributed by atoms with van der Waals surface area (Å²) in [5.74, 6) is 1.95. The molecule has 10 heavy (non-hydrogen) atoms. The summed E-state index contributed by atoms with van der Waals surface area (Å²) < 4.78 is 0. The van der Waals surface area contributed by atoms with E-state index in [4.69, 9.17) is 0 Å². The highest BCUT2D eigenvalue weighted by Gasteiger charge is 2.22. The third-order valence-electron chi connectivity index (χ3n) is 2.15. The van der Waals surface area contributed by atoms with Crippen molar-refractivity contribution in [2.24, 2.45) is 11.8 Å². The lowest BCUT2D eigenvalue weighted by molar-refractivity contribution is -0.117. The van der Waals surface area contributed by atoms with E-state index in [1.54, 1.807) is 0 Å². The molecule has 1 nitrogen and oxygen atoms in total. The highest BCUT2D eigenvalue weighted by atomic mass is 16.1. The van der Waals surface area contributed by atoms with Crippen molar-refractivity contribution in [2.75, 3.05) is 0 Å². The highest BCUT2D eigenvalue weighted by Crippen LogP contribution is 2.27. The van der Waals surface area contributed by atoms with Crippen LogP contribution in [0, 0.1) is 11.8 Å². The summed E-state index contributed by atoms with van der Waals surface area (Å²) in [4.78, 5) is 10.8. The van der Waals surface area contributed by atoms with Crippen LogP contribution in [-0.4, -0.2) is 5.78 Å². The minimum Gasteiger partial charge on any atom is -0.300 e. The van der Waals surface area contributed by atoms with Gasteiger partial charge in [-0.1, -0.05) is 13.8 Å². The van der Waals surface area contributed by atoms with Gasteiger partial charge in [0, 0.05) is 12.8 Å². The minimum atomic E-state index is 0.477. The minimum absolute atomic E-state index is 0.477. The number of rotatable bonds is 2. The van der Waals surface area contributed by atoms with Crippen LogP contribution in [0.1, 0.15) is 39.5 Å². The Hall–Kier alpha value is -0.330. The third kappa shape index (κ3) is 2.13.